The molecule has 2 rings (SSSR count). The molecule has 5 nitrogen and oxygen atoms in total. The van der Waals surface area contributed by atoms with Gasteiger partial charge in [-0.15, -0.1) is 0 Å². The van der Waals surface area contributed by atoms with Crippen molar-refractivity contribution in [3.05, 3.63) is 41.7 Å². The van der Waals surface area contributed by atoms with Crippen LogP contribution in [0.5, 0.6) is 0 Å². The topological polar surface area (TPSA) is 53.1 Å². The van der Waals surface area contributed by atoms with Crippen LogP contribution in [0.15, 0.2) is 24.3 Å². The summed E-state index contributed by atoms with van der Waals surface area (Å²) in [5.74, 6) is 0.114. The van der Waals surface area contributed by atoms with Crippen molar-refractivity contribution in [1.82, 2.24) is 14.9 Å². The Morgan fingerprint density at radius 1 is 1.09 bits per heavy atom. The molecule has 0 radical (unpaired) electrons. The van der Waals surface area contributed by atoms with Crippen molar-refractivity contribution in [3.8, 4) is 0 Å². The van der Waals surface area contributed by atoms with Crippen molar-refractivity contribution in [2.75, 3.05) is 37.8 Å². The fraction of sp³-hybridized carbons (Fsp3) is 0.333. The van der Waals surface area contributed by atoms with Crippen LogP contribution in [-0.2, 0) is 0 Å². The van der Waals surface area contributed by atoms with E-state index in [9.17, 15) is 8.78 Å². The molecule has 0 aliphatic heterocycles. The van der Waals surface area contributed by atoms with Gasteiger partial charge in [0.2, 0.25) is 0 Å². The lowest BCUT2D eigenvalue weighted by Gasteiger charge is -2.13. The normalized spacial score (nSPS) is 10.8. The van der Waals surface area contributed by atoms with Crippen molar-refractivity contribution in [1.29, 1.82) is 0 Å². The standard InChI is InChI=1S/C15H19F2N5/c1-10-19-13(18-7-8-22(2)3)9-14(20-10)21-15-11(16)5-4-6-12(15)17/h4-6,9H,7-8H2,1-3H3,(H2,18,19,20,21). The van der Waals surface area contributed by atoms with E-state index in [2.05, 4.69) is 20.6 Å². The summed E-state index contributed by atoms with van der Waals surface area (Å²) >= 11 is 0. The predicted octanol–water partition coefficient (Wildman–Crippen LogP) is 2.78. The number of aromatic nitrogens is 2. The van der Waals surface area contributed by atoms with Gasteiger partial charge in [0, 0.05) is 19.2 Å². The second kappa shape index (κ2) is 7.13. The van der Waals surface area contributed by atoms with E-state index in [0.29, 0.717) is 24.0 Å². The zero-order valence-electron chi connectivity index (χ0n) is 12.8. The second-order valence-corrected chi connectivity index (χ2v) is 5.14. The minimum atomic E-state index is -0.668. The fourth-order valence-corrected chi connectivity index (χ4v) is 1.88. The zero-order chi connectivity index (χ0) is 16.1. The third-order valence-electron chi connectivity index (χ3n) is 2.92. The second-order valence-electron chi connectivity index (χ2n) is 5.14. The zero-order valence-corrected chi connectivity index (χ0v) is 12.8. The van der Waals surface area contributed by atoms with Crippen LogP contribution in [0.25, 0.3) is 0 Å². The molecule has 7 heteroatoms. The SMILES string of the molecule is Cc1nc(NCCN(C)C)cc(Nc2c(F)cccc2F)n1. The fourth-order valence-electron chi connectivity index (χ4n) is 1.88. The summed E-state index contributed by atoms with van der Waals surface area (Å²) < 4.78 is 27.3. The maximum atomic E-state index is 13.7. The maximum absolute atomic E-state index is 13.7. The molecule has 0 amide bonds. The molecule has 22 heavy (non-hydrogen) atoms. The molecule has 0 spiro atoms. The molecule has 1 aromatic carbocycles. The lowest BCUT2D eigenvalue weighted by molar-refractivity contribution is 0.425. The molecule has 0 aliphatic carbocycles. The Bertz CT molecular complexity index is 626. The molecule has 0 fully saturated rings. The number of likely N-dealkylation sites (N-methyl/N-ethyl adjacent to an activating group) is 1. The molecular weight excluding hydrogens is 288 g/mol. The van der Waals surface area contributed by atoms with Gasteiger partial charge in [0.05, 0.1) is 0 Å². The van der Waals surface area contributed by atoms with Crippen LogP contribution in [0.1, 0.15) is 5.82 Å². The molecule has 2 aromatic rings. The van der Waals surface area contributed by atoms with Gasteiger partial charge in [-0.2, -0.15) is 0 Å². The molecule has 0 aliphatic rings. The summed E-state index contributed by atoms with van der Waals surface area (Å²) in [5.41, 5.74) is -0.222. The van der Waals surface area contributed by atoms with Crippen molar-refractivity contribution >= 4 is 17.3 Å². The van der Waals surface area contributed by atoms with E-state index in [4.69, 9.17) is 0 Å². The average molecular weight is 307 g/mol. The molecule has 118 valence electrons. The minimum absolute atomic E-state index is 0.222. The first-order valence-electron chi connectivity index (χ1n) is 6.91. The van der Waals surface area contributed by atoms with Crippen molar-refractivity contribution in [3.63, 3.8) is 0 Å². The summed E-state index contributed by atoms with van der Waals surface area (Å²) in [4.78, 5) is 10.4. The molecule has 0 bridgehead atoms. The largest absolute Gasteiger partial charge is 0.369 e. The summed E-state index contributed by atoms with van der Waals surface area (Å²) in [6.07, 6.45) is 0. The van der Waals surface area contributed by atoms with Crippen LogP contribution in [0, 0.1) is 18.6 Å². The third-order valence-corrected chi connectivity index (χ3v) is 2.92. The van der Waals surface area contributed by atoms with Crippen molar-refractivity contribution < 1.29 is 8.78 Å². The van der Waals surface area contributed by atoms with Gasteiger partial charge in [-0.05, 0) is 33.2 Å². The van der Waals surface area contributed by atoms with Gasteiger partial charge in [0.1, 0.15) is 34.8 Å². The van der Waals surface area contributed by atoms with Crippen molar-refractivity contribution in [2.45, 2.75) is 6.92 Å². The van der Waals surface area contributed by atoms with Crippen LogP contribution >= 0.6 is 0 Å². The van der Waals surface area contributed by atoms with E-state index in [1.807, 2.05) is 19.0 Å². The monoisotopic (exact) mass is 307 g/mol. The Morgan fingerprint density at radius 3 is 2.36 bits per heavy atom. The first-order chi connectivity index (χ1) is 10.5. The number of para-hydroxylation sites is 1. The summed E-state index contributed by atoms with van der Waals surface area (Å²) in [5, 5.41) is 5.82. The summed E-state index contributed by atoms with van der Waals surface area (Å²) in [7, 11) is 3.95. The van der Waals surface area contributed by atoms with Crippen LogP contribution in [0.4, 0.5) is 26.1 Å². The van der Waals surface area contributed by atoms with E-state index >= 15 is 0 Å². The molecule has 1 aromatic heterocycles. The van der Waals surface area contributed by atoms with E-state index in [0.717, 1.165) is 6.54 Å². The van der Waals surface area contributed by atoms with Crippen molar-refractivity contribution in [2.24, 2.45) is 0 Å². The Hall–Kier alpha value is -2.28. The number of rotatable bonds is 6. The molecule has 2 N–H and O–H groups in total. The number of benzene rings is 1. The van der Waals surface area contributed by atoms with Crippen LogP contribution in [-0.4, -0.2) is 42.1 Å². The highest BCUT2D eigenvalue weighted by Gasteiger charge is 2.10. The van der Waals surface area contributed by atoms with Gasteiger partial charge in [-0.1, -0.05) is 6.07 Å². The number of hydrogen-bond acceptors (Lipinski definition) is 5. The molecule has 0 saturated carbocycles. The number of anilines is 3. The van der Waals surface area contributed by atoms with E-state index in [-0.39, 0.29) is 5.69 Å². The maximum Gasteiger partial charge on any atom is 0.149 e. The molecular formula is C15H19F2N5. The number of nitrogens with one attached hydrogen (secondary N) is 2. The van der Waals surface area contributed by atoms with Gasteiger partial charge in [-0.25, -0.2) is 18.7 Å². The Balaban J connectivity index is 2.16. The van der Waals surface area contributed by atoms with Crippen LogP contribution < -0.4 is 10.6 Å². The van der Waals surface area contributed by atoms with Crippen LogP contribution in [0.2, 0.25) is 0 Å². The lowest BCUT2D eigenvalue weighted by Crippen LogP contribution is -2.21. The number of hydrogen-bond donors (Lipinski definition) is 2. The highest BCUT2D eigenvalue weighted by Crippen LogP contribution is 2.23. The predicted molar refractivity (Wildman–Crippen MR) is 83.5 cm³/mol. The lowest BCUT2D eigenvalue weighted by atomic mass is 10.3. The Labute approximate surface area is 128 Å². The van der Waals surface area contributed by atoms with E-state index in [1.54, 1.807) is 13.0 Å². The van der Waals surface area contributed by atoms with E-state index in [1.165, 1.54) is 18.2 Å². The quantitative estimate of drug-likeness (QED) is 0.859. The van der Waals surface area contributed by atoms with Gasteiger partial charge in [-0.3, -0.25) is 0 Å². The smallest absolute Gasteiger partial charge is 0.149 e. The molecule has 0 atom stereocenters. The Kier molecular flexibility index (Phi) is 5.21. The highest BCUT2D eigenvalue weighted by atomic mass is 19.1. The van der Waals surface area contributed by atoms with Gasteiger partial charge in [0.15, 0.2) is 0 Å². The van der Waals surface area contributed by atoms with Crippen LogP contribution in [0.3, 0.4) is 0 Å². The molecule has 0 unspecified atom stereocenters. The average Bonchev–Trinajstić information content (AvgIpc) is 2.42. The Morgan fingerprint density at radius 2 is 1.73 bits per heavy atom. The van der Waals surface area contributed by atoms with E-state index < -0.39 is 11.6 Å². The summed E-state index contributed by atoms with van der Waals surface area (Å²) in [6, 6.07) is 5.31. The van der Waals surface area contributed by atoms with Gasteiger partial charge in [0.25, 0.3) is 0 Å². The molecule has 0 saturated heterocycles. The first kappa shape index (κ1) is 16.1. The van der Waals surface area contributed by atoms with Gasteiger partial charge < -0.3 is 15.5 Å². The highest BCUT2D eigenvalue weighted by molar-refractivity contribution is 5.60. The first-order valence-corrected chi connectivity index (χ1v) is 6.91. The third kappa shape index (κ3) is 4.36. The number of aryl methyl sites for hydroxylation is 1. The number of halogens is 2. The van der Waals surface area contributed by atoms with Gasteiger partial charge >= 0.3 is 0 Å². The molecule has 1 heterocycles. The minimum Gasteiger partial charge on any atom is -0.369 e. The number of nitrogens with zero attached hydrogens (tertiary/aromatic N) is 3. The summed E-state index contributed by atoms with van der Waals surface area (Å²) in [6.45, 7) is 3.27.